The highest BCUT2D eigenvalue weighted by molar-refractivity contribution is 7.17. The maximum absolute atomic E-state index is 12.3. The van der Waals surface area contributed by atoms with E-state index in [2.05, 4.69) is 10.3 Å². The lowest BCUT2D eigenvalue weighted by Crippen LogP contribution is -2.24. The van der Waals surface area contributed by atoms with Crippen LogP contribution in [0.25, 0.3) is 11.1 Å². The molecule has 0 atom stereocenters. The molecule has 3 rings (SSSR count). The minimum Gasteiger partial charge on any atom is -0.461 e. The molecule has 1 aromatic carbocycles. The summed E-state index contributed by atoms with van der Waals surface area (Å²) in [6.07, 6.45) is 0. The van der Waals surface area contributed by atoms with Crippen molar-refractivity contribution in [3.8, 4) is 0 Å². The Morgan fingerprint density at radius 2 is 2.07 bits per heavy atom. The third-order valence-corrected chi connectivity index (χ3v) is 4.70. The van der Waals surface area contributed by atoms with Crippen molar-refractivity contribution in [2.45, 2.75) is 27.3 Å². The summed E-state index contributed by atoms with van der Waals surface area (Å²) in [7, 11) is 0. The molecule has 2 aromatic heterocycles. The quantitative estimate of drug-likeness (QED) is 0.650. The summed E-state index contributed by atoms with van der Waals surface area (Å²) in [6.45, 7) is 5.65. The molecular weight excluding hydrogens is 370 g/mol. The number of fused-ring (bicyclic) bond motifs is 1. The topological polar surface area (TPSA) is 103 Å². The van der Waals surface area contributed by atoms with Gasteiger partial charge in [0.05, 0.1) is 17.8 Å². The third-order valence-electron chi connectivity index (χ3n) is 3.65. The van der Waals surface area contributed by atoms with Crippen LogP contribution in [0.3, 0.4) is 0 Å². The summed E-state index contributed by atoms with van der Waals surface area (Å²) >= 11 is 1.04. The van der Waals surface area contributed by atoms with Crippen LogP contribution in [0, 0.1) is 12.8 Å². The molecule has 0 spiro atoms. The number of para-hydroxylation sites is 2. The molecule has 8 nitrogen and oxygen atoms in total. The Kier molecular flexibility index (Phi) is 5.41. The lowest BCUT2D eigenvalue weighted by atomic mass is 10.2. The molecule has 0 unspecified atom stereocenters. The SMILES string of the molecule is Cc1nc(NC(=O)Cn2c(=O)oc3ccccc32)sc1C(=O)OCC(C)C. The van der Waals surface area contributed by atoms with Gasteiger partial charge in [-0.2, -0.15) is 0 Å². The van der Waals surface area contributed by atoms with Gasteiger partial charge in [0, 0.05) is 0 Å². The van der Waals surface area contributed by atoms with Gasteiger partial charge in [-0.25, -0.2) is 14.6 Å². The van der Waals surface area contributed by atoms with Gasteiger partial charge in [0.2, 0.25) is 5.91 Å². The lowest BCUT2D eigenvalue weighted by molar-refractivity contribution is -0.116. The van der Waals surface area contributed by atoms with Crippen molar-refractivity contribution < 1.29 is 18.7 Å². The number of nitrogens with one attached hydrogen (secondary N) is 1. The summed E-state index contributed by atoms with van der Waals surface area (Å²) < 4.78 is 11.5. The molecule has 1 N–H and O–H groups in total. The van der Waals surface area contributed by atoms with Gasteiger partial charge in [-0.3, -0.25) is 9.36 Å². The maximum Gasteiger partial charge on any atom is 0.420 e. The van der Waals surface area contributed by atoms with Gasteiger partial charge < -0.3 is 14.5 Å². The summed E-state index contributed by atoms with van der Waals surface area (Å²) in [5.41, 5.74) is 1.43. The van der Waals surface area contributed by atoms with Crippen LogP contribution in [0.5, 0.6) is 0 Å². The summed E-state index contributed by atoms with van der Waals surface area (Å²) in [6, 6.07) is 6.85. The Bertz CT molecular complexity index is 1050. The first-order valence-electron chi connectivity index (χ1n) is 8.38. The zero-order valence-electron chi connectivity index (χ0n) is 15.1. The Morgan fingerprint density at radius 3 is 2.81 bits per heavy atom. The molecule has 0 bridgehead atoms. The molecule has 0 aliphatic heterocycles. The van der Waals surface area contributed by atoms with Crippen LogP contribution in [0.2, 0.25) is 0 Å². The molecule has 1 amide bonds. The minimum atomic E-state index is -0.611. The molecule has 142 valence electrons. The van der Waals surface area contributed by atoms with Gasteiger partial charge in [-0.05, 0) is 25.0 Å². The largest absolute Gasteiger partial charge is 0.461 e. The van der Waals surface area contributed by atoms with E-state index in [4.69, 9.17) is 9.15 Å². The van der Waals surface area contributed by atoms with E-state index in [1.165, 1.54) is 4.57 Å². The summed E-state index contributed by atoms with van der Waals surface area (Å²) in [5, 5.41) is 2.89. The Balaban J connectivity index is 1.71. The molecule has 0 radical (unpaired) electrons. The molecule has 0 fully saturated rings. The molecule has 0 saturated carbocycles. The third kappa shape index (κ3) is 4.25. The number of carbonyl (C=O) groups is 2. The van der Waals surface area contributed by atoms with E-state index in [9.17, 15) is 14.4 Å². The van der Waals surface area contributed by atoms with Gasteiger partial charge in [-0.1, -0.05) is 37.3 Å². The first-order valence-corrected chi connectivity index (χ1v) is 9.19. The van der Waals surface area contributed by atoms with E-state index in [-0.39, 0.29) is 17.6 Å². The number of carbonyl (C=O) groups excluding carboxylic acids is 2. The Hall–Kier alpha value is -2.94. The second kappa shape index (κ2) is 7.75. The fourth-order valence-corrected chi connectivity index (χ4v) is 3.29. The minimum absolute atomic E-state index is 0.221. The monoisotopic (exact) mass is 389 g/mol. The van der Waals surface area contributed by atoms with Crippen LogP contribution in [0.1, 0.15) is 29.2 Å². The van der Waals surface area contributed by atoms with Crippen molar-refractivity contribution in [1.29, 1.82) is 0 Å². The maximum atomic E-state index is 12.3. The number of ether oxygens (including phenoxy) is 1. The number of oxazole rings is 1. The van der Waals surface area contributed by atoms with Crippen molar-refractivity contribution >= 4 is 39.4 Å². The number of amides is 1. The van der Waals surface area contributed by atoms with Crippen LogP contribution in [0.15, 0.2) is 33.5 Å². The fraction of sp³-hybridized carbons (Fsp3) is 0.333. The van der Waals surface area contributed by atoms with Crippen LogP contribution in [-0.2, 0) is 16.1 Å². The van der Waals surface area contributed by atoms with Crippen LogP contribution in [-0.4, -0.2) is 28.0 Å². The predicted molar refractivity (Wildman–Crippen MR) is 101 cm³/mol. The number of aromatic nitrogens is 2. The molecule has 3 aromatic rings. The highest BCUT2D eigenvalue weighted by Crippen LogP contribution is 2.23. The van der Waals surface area contributed by atoms with Crippen molar-refractivity contribution in [2.75, 3.05) is 11.9 Å². The molecule has 27 heavy (non-hydrogen) atoms. The molecule has 0 saturated heterocycles. The molecule has 0 aliphatic carbocycles. The summed E-state index contributed by atoms with van der Waals surface area (Å²) in [5.74, 6) is -1.29. The first-order chi connectivity index (χ1) is 12.8. The second-order valence-electron chi connectivity index (χ2n) is 6.40. The van der Waals surface area contributed by atoms with E-state index >= 15 is 0 Å². The van der Waals surface area contributed by atoms with Gasteiger partial charge in [0.15, 0.2) is 10.7 Å². The summed E-state index contributed by atoms with van der Waals surface area (Å²) in [4.78, 5) is 40.9. The van der Waals surface area contributed by atoms with E-state index in [0.717, 1.165) is 11.3 Å². The highest BCUT2D eigenvalue weighted by atomic mass is 32.1. The van der Waals surface area contributed by atoms with Gasteiger partial charge in [0.1, 0.15) is 11.4 Å². The number of esters is 1. The molecule has 2 heterocycles. The average Bonchev–Trinajstić information content (AvgIpc) is 3.12. The number of anilines is 1. The zero-order valence-corrected chi connectivity index (χ0v) is 16.0. The molecule has 9 heteroatoms. The highest BCUT2D eigenvalue weighted by Gasteiger charge is 2.19. The van der Waals surface area contributed by atoms with Crippen molar-refractivity contribution in [3.63, 3.8) is 0 Å². The van der Waals surface area contributed by atoms with Crippen molar-refractivity contribution in [3.05, 3.63) is 45.4 Å². The molecule has 0 aliphatic rings. The number of nitrogens with zero attached hydrogens (tertiary/aromatic N) is 2. The number of aryl methyl sites for hydroxylation is 1. The van der Waals surface area contributed by atoms with Crippen molar-refractivity contribution in [2.24, 2.45) is 5.92 Å². The van der Waals surface area contributed by atoms with E-state index < -0.39 is 17.6 Å². The number of thiazole rings is 1. The number of rotatable bonds is 6. The lowest BCUT2D eigenvalue weighted by Gasteiger charge is -2.05. The predicted octanol–water partition coefficient (Wildman–Crippen LogP) is 2.81. The average molecular weight is 389 g/mol. The van der Waals surface area contributed by atoms with Crippen LogP contribution < -0.4 is 11.1 Å². The molecular formula is C18H19N3O5S. The standard InChI is InChI=1S/C18H19N3O5S/c1-10(2)9-25-16(23)15-11(3)19-17(27-15)20-14(22)8-21-12-6-4-5-7-13(12)26-18(21)24/h4-7,10H,8-9H2,1-3H3,(H,19,20,22). The smallest absolute Gasteiger partial charge is 0.420 e. The Labute approximate surface area is 158 Å². The normalized spacial score (nSPS) is 11.1. The number of hydrogen-bond donors (Lipinski definition) is 1. The van der Waals surface area contributed by atoms with E-state index in [1.807, 2.05) is 13.8 Å². The number of hydrogen-bond acceptors (Lipinski definition) is 7. The van der Waals surface area contributed by atoms with E-state index in [0.29, 0.717) is 28.3 Å². The van der Waals surface area contributed by atoms with Gasteiger partial charge >= 0.3 is 11.7 Å². The van der Waals surface area contributed by atoms with E-state index in [1.54, 1.807) is 31.2 Å². The van der Waals surface area contributed by atoms with Gasteiger partial charge in [0.25, 0.3) is 0 Å². The van der Waals surface area contributed by atoms with Crippen LogP contribution in [0.4, 0.5) is 5.13 Å². The fourth-order valence-electron chi connectivity index (χ4n) is 2.41. The number of benzene rings is 1. The van der Waals surface area contributed by atoms with Crippen LogP contribution >= 0.6 is 11.3 Å². The second-order valence-corrected chi connectivity index (χ2v) is 7.39. The van der Waals surface area contributed by atoms with Gasteiger partial charge in [-0.15, -0.1) is 0 Å². The Morgan fingerprint density at radius 1 is 1.33 bits per heavy atom. The zero-order chi connectivity index (χ0) is 19.6. The van der Waals surface area contributed by atoms with Crippen molar-refractivity contribution in [1.82, 2.24) is 9.55 Å². The first kappa shape index (κ1) is 18.8.